The number of benzene rings is 2. The quantitative estimate of drug-likeness (QED) is 0.774. The molecule has 0 saturated heterocycles. The molecule has 0 aromatic heterocycles. The summed E-state index contributed by atoms with van der Waals surface area (Å²) in [7, 11) is 3.18. The molecule has 0 unspecified atom stereocenters. The molecule has 2 aromatic carbocycles. The van der Waals surface area contributed by atoms with Crippen LogP contribution in [0.3, 0.4) is 0 Å². The standard InChI is InChI=1S/C22H30O4/c1-21(2,3)16-12-19(26-8)14(11-18(16)23)15-9-13(25-7)10-17(20(15)24)22(4,5)6/h9-12,23-24H,1-8H3. The van der Waals surface area contributed by atoms with Crippen LogP contribution in [-0.2, 0) is 10.8 Å². The van der Waals surface area contributed by atoms with Gasteiger partial charge in [0.25, 0.3) is 0 Å². The Morgan fingerprint density at radius 1 is 0.692 bits per heavy atom. The maximum atomic E-state index is 10.9. The zero-order valence-corrected chi connectivity index (χ0v) is 17.0. The summed E-state index contributed by atoms with van der Waals surface area (Å²) >= 11 is 0. The van der Waals surface area contributed by atoms with Gasteiger partial charge in [0, 0.05) is 22.3 Å². The topological polar surface area (TPSA) is 58.9 Å². The van der Waals surface area contributed by atoms with Crippen molar-refractivity contribution in [3.8, 4) is 34.1 Å². The molecular weight excluding hydrogens is 328 g/mol. The zero-order chi connectivity index (χ0) is 19.9. The van der Waals surface area contributed by atoms with Gasteiger partial charge in [0.15, 0.2) is 0 Å². The Labute approximate surface area is 156 Å². The highest BCUT2D eigenvalue weighted by atomic mass is 16.5. The maximum Gasteiger partial charge on any atom is 0.127 e. The molecule has 142 valence electrons. The first-order chi connectivity index (χ1) is 11.9. The fourth-order valence-corrected chi connectivity index (χ4v) is 3.05. The molecule has 4 heteroatoms. The van der Waals surface area contributed by atoms with E-state index in [1.807, 2.05) is 53.7 Å². The third-order valence-corrected chi connectivity index (χ3v) is 4.54. The van der Waals surface area contributed by atoms with Gasteiger partial charge < -0.3 is 19.7 Å². The first-order valence-electron chi connectivity index (χ1n) is 8.73. The van der Waals surface area contributed by atoms with Crippen molar-refractivity contribution in [3.05, 3.63) is 35.4 Å². The van der Waals surface area contributed by atoms with Crippen LogP contribution in [-0.4, -0.2) is 24.4 Å². The van der Waals surface area contributed by atoms with E-state index >= 15 is 0 Å². The summed E-state index contributed by atoms with van der Waals surface area (Å²) in [4.78, 5) is 0. The molecule has 0 saturated carbocycles. The molecule has 0 spiro atoms. The van der Waals surface area contributed by atoms with E-state index in [9.17, 15) is 10.2 Å². The molecule has 0 aliphatic carbocycles. The molecular formula is C22H30O4. The van der Waals surface area contributed by atoms with Crippen molar-refractivity contribution in [2.24, 2.45) is 0 Å². The highest BCUT2D eigenvalue weighted by Crippen LogP contribution is 2.47. The van der Waals surface area contributed by atoms with E-state index in [1.54, 1.807) is 26.4 Å². The lowest BCUT2D eigenvalue weighted by molar-refractivity contribution is 0.402. The molecule has 0 atom stereocenters. The van der Waals surface area contributed by atoms with Crippen LogP contribution in [0.4, 0.5) is 0 Å². The third-order valence-electron chi connectivity index (χ3n) is 4.54. The lowest BCUT2D eigenvalue weighted by Gasteiger charge is -2.25. The van der Waals surface area contributed by atoms with E-state index in [4.69, 9.17) is 9.47 Å². The average molecular weight is 358 g/mol. The first kappa shape index (κ1) is 20.0. The third kappa shape index (κ3) is 3.74. The van der Waals surface area contributed by atoms with E-state index in [0.717, 1.165) is 11.1 Å². The highest BCUT2D eigenvalue weighted by molar-refractivity contribution is 5.80. The number of phenolic OH excluding ortho intramolecular Hbond substituents is 2. The molecule has 2 N–H and O–H groups in total. The predicted molar refractivity (Wildman–Crippen MR) is 106 cm³/mol. The van der Waals surface area contributed by atoms with Crippen molar-refractivity contribution in [3.63, 3.8) is 0 Å². The van der Waals surface area contributed by atoms with Crippen LogP contribution in [0.15, 0.2) is 24.3 Å². The molecule has 0 aliphatic heterocycles. The summed E-state index contributed by atoms with van der Waals surface area (Å²) in [5.41, 5.74) is 2.25. The lowest BCUT2D eigenvalue weighted by atomic mass is 9.82. The van der Waals surface area contributed by atoms with Gasteiger partial charge in [0.1, 0.15) is 23.0 Å². The van der Waals surface area contributed by atoms with Crippen LogP contribution >= 0.6 is 0 Å². The largest absolute Gasteiger partial charge is 0.508 e. The maximum absolute atomic E-state index is 10.9. The van der Waals surface area contributed by atoms with Crippen LogP contribution in [0.25, 0.3) is 11.1 Å². The van der Waals surface area contributed by atoms with Crippen LogP contribution in [0.1, 0.15) is 52.7 Å². The van der Waals surface area contributed by atoms with Gasteiger partial charge in [-0.05, 0) is 35.1 Å². The Morgan fingerprint density at radius 3 is 1.73 bits per heavy atom. The Morgan fingerprint density at radius 2 is 1.27 bits per heavy atom. The second-order valence-corrected chi connectivity index (χ2v) is 8.64. The zero-order valence-electron chi connectivity index (χ0n) is 17.0. The minimum atomic E-state index is -0.270. The van der Waals surface area contributed by atoms with E-state index < -0.39 is 0 Å². The second kappa shape index (κ2) is 6.75. The van der Waals surface area contributed by atoms with E-state index in [1.165, 1.54) is 0 Å². The molecule has 0 heterocycles. The molecule has 0 amide bonds. The van der Waals surface area contributed by atoms with E-state index in [-0.39, 0.29) is 22.3 Å². The molecule has 26 heavy (non-hydrogen) atoms. The summed E-state index contributed by atoms with van der Waals surface area (Å²) in [5.74, 6) is 1.58. The smallest absolute Gasteiger partial charge is 0.127 e. The van der Waals surface area contributed by atoms with Gasteiger partial charge in [-0.1, -0.05) is 41.5 Å². The van der Waals surface area contributed by atoms with Crippen LogP contribution in [0.2, 0.25) is 0 Å². The molecule has 0 radical (unpaired) electrons. The Kier molecular flexibility index (Phi) is 5.18. The number of rotatable bonds is 3. The molecule has 0 bridgehead atoms. The Bertz CT molecular complexity index is 808. The average Bonchev–Trinajstić information content (AvgIpc) is 2.52. The Balaban J connectivity index is 2.82. The number of hydrogen-bond donors (Lipinski definition) is 2. The van der Waals surface area contributed by atoms with Gasteiger partial charge in [0.05, 0.1) is 14.2 Å². The van der Waals surface area contributed by atoms with Gasteiger partial charge in [-0.3, -0.25) is 0 Å². The Hall–Kier alpha value is -2.36. The number of hydrogen-bond acceptors (Lipinski definition) is 4. The number of phenols is 2. The monoisotopic (exact) mass is 358 g/mol. The van der Waals surface area contributed by atoms with E-state index in [0.29, 0.717) is 22.6 Å². The fraction of sp³-hybridized carbons (Fsp3) is 0.455. The lowest BCUT2D eigenvalue weighted by Crippen LogP contribution is -2.13. The highest BCUT2D eigenvalue weighted by Gasteiger charge is 2.26. The van der Waals surface area contributed by atoms with Crippen molar-refractivity contribution in [1.82, 2.24) is 0 Å². The van der Waals surface area contributed by atoms with E-state index in [2.05, 4.69) is 0 Å². The predicted octanol–water partition coefficient (Wildman–Crippen LogP) is 5.38. The molecule has 2 rings (SSSR count). The van der Waals surface area contributed by atoms with Crippen molar-refractivity contribution < 1.29 is 19.7 Å². The summed E-state index contributed by atoms with van der Waals surface area (Å²) in [6.07, 6.45) is 0. The number of ether oxygens (including phenoxy) is 2. The minimum absolute atomic E-state index is 0.166. The van der Waals surface area contributed by atoms with Crippen molar-refractivity contribution >= 4 is 0 Å². The van der Waals surface area contributed by atoms with Gasteiger partial charge >= 0.3 is 0 Å². The van der Waals surface area contributed by atoms with Gasteiger partial charge in [-0.15, -0.1) is 0 Å². The summed E-state index contributed by atoms with van der Waals surface area (Å²) < 4.78 is 11.0. The van der Waals surface area contributed by atoms with Crippen LogP contribution in [0.5, 0.6) is 23.0 Å². The normalized spacial score (nSPS) is 12.2. The number of aromatic hydroxyl groups is 2. The molecule has 4 nitrogen and oxygen atoms in total. The van der Waals surface area contributed by atoms with Gasteiger partial charge in [-0.2, -0.15) is 0 Å². The SMILES string of the molecule is COc1cc(-c2cc(O)c(C(C)(C)C)cc2OC)c(O)c(C(C)(C)C)c1. The molecule has 0 aliphatic rings. The summed E-state index contributed by atoms with van der Waals surface area (Å²) in [6.45, 7) is 12.2. The summed E-state index contributed by atoms with van der Waals surface area (Å²) in [5, 5.41) is 21.5. The second-order valence-electron chi connectivity index (χ2n) is 8.64. The summed E-state index contributed by atoms with van der Waals surface area (Å²) in [6, 6.07) is 7.09. The minimum Gasteiger partial charge on any atom is -0.508 e. The van der Waals surface area contributed by atoms with Crippen LogP contribution in [0, 0.1) is 0 Å². The first-order valence-corrected chi connectivity index (χ1v) is 8.73. The molecule has 2 aromatic rings. The van der Waals surface area contributed by atoms with Crippen molar-refractivity contribution in [2.45, 2.75) is 52.4 Å². The van der Waals surface area contributed by atoms with Gasteiger partial charge in [-0.25, -0.2) is 0 Å². The van der Waals surface area contributed by atoms with Gasteiger partial charge in [0.2, 0.25) is 0 Å². The molecule has 0 fully saturated rings. The number of methoxy groups -OCH3 is 2. The van der Waals surface area contributed by atoms with Crippen molar-refractivity contribution in [1.29, 1.82) is 0 Å². The fourth-order valence-electron chi connectivity index (χ4n) is 3.05. The van der Waals surface area contributed by atoms with Crippen molar-refractivity contribution in [2.75, 3.05) is 14.2 Å². The van der Waals surface area contributed by atoms with Crippen LogP contribution < -0.4 is 9.47 Å².